The molecule has 6 nitrogen and oxygen atoms in total. The third kappa shape index (κ3) is 3.45. The van der Waals surface area contributed by atoms with Gasteiger partial charge >= 0.3 is 0 Å². The van der Waals surface area contributed by atoms with Crippen LogP contribution in [0, 0.1) is 0 Å². The van der Waals surface area contributed by atoms with Crippen molar-refractivity contribution in [2.24, 2.45) is 0 Å². The number of rotatable bonds is 4. The molecule has 0 aromatic heterocycles. The summed E-state index contributed by atoms with van der Waals surface area (Å²) in [4.78, 5) is 13.4. The van der Waals surface area contributed by atoms with E-state index in [0.717, 1.165) is 12.8 Å². The van der Waals surface area contributed by atoms with Crippen LogP contribution in [0.2, 0.25) is 0 Å². The van der Waals surface area contributed by atoms with Crippen LogP contribution in [0.3, 0.4) is 0 Å². The lowest BCUT2D eigenvalue weighted by molar-refractivity contribution is -0.128. The lowest BCUT2D eigenvalue weighted by Crippen LogP contribution is -2.38. The van der Waals surface area contributed by atoms with Gasteiger partial charge in [-0.25, -0.2) is 13.1 Å². The van der Waals surface area contributed by atoms with E-state index in [4.69, 9.17) is 5.11 Å². The fourth-order valence-electron chi connectivity index (χ4n) is 1.94. The van der Waals surface area contributed by atoms with Crippen LogP contribution < -0.4 is 4.72 Å². The summed E-state index contributed by atoms with van der Waals surface area (Å²) in [6.45, 7) is 1.16. The molecule has 0 aliphatic carbocycles. The maximum absolute atomic E-state index is 11.9. The second-order valence-corrected chi connectivity index (χ2v) is 6.17. The van der Waals surface area contributed by atoms with Crippen molar-refractivity contribution in [2.45, 2.75) is 17.7 Å². The number of sulfonamides is 1. The summed E-state index contributed by atoms with van der Waals surface area (Å²) in [6, 6.07) is 5.16. The monoisotopic (exact) mass is 284 g/mol. The van der Waals surface area contributed by atoms with Crippen LogP contribution in [-0.4, -0.2) is 44.0 Å². The van der Waals surface area contributed by atoms with Gasteiger partial charge in [0.05, 0.1) is 11.4 Å². The summed E-state index contributed by atoms with van der Waals surface area (Å²) in [6.07, 6.45) is 1.94. The molecule has 7 heteroatoms. The van der Waals surface area contributed by atoms with Gasteiger partial charge in [0.1, 0.15) is 5.75 Å². The molecule has 1 heterocycles. The molecule has 0 radical (unpaired) electrons. The molecule has 2 N–H and O–H groups in total. The summed E-state index contributed by atoms with van der Waals surface area (Å²) in [5.41, 5.74) is 0. The number of hydrogen-bond donors (Lipinski definition) is 2. The van der Waals surface area contributed by atoms with E-state index in [1.54, 1.807) is 4.90 Å². The van der Waals surface area contributed by atoms with Crippen molar-refractivity contribution in [2.75, 3.05) is 19.6 Å². The molecule has 1 amide bonds. The number of nitrogens with one attached hydrogen (secondary N) is 1. The van der Waals surface area contributed by atoms with E-state index in [2.05, 4.69) is 4.72 Å². The number of likely N-dealkylation sites (tertiary alicyclic amines) is 1. The fraction of sp³-hybridized carbons (Fsp3) is 0.417. The summed E-state index contributed by atoms with van der Waals surface area (Å²) >= 11 is 0. The number of benzene rings is 1. The Bertz CT molecular complexity index is 548. The van der Waals surface area contributed by atoms with Gasteiger partial charge in [-0.2, -0.15) is 0 Å². The predicted octanol–water partition coefficient (Wildman–Crippen LogP) is 0.293. The van der Waals surface area contributed by atoms with Crippen LogP contribution in [0.1, 0.15) is 12.8 Å². The van der Waals surface area contributed by atoms with Crippen molar-refractivity contribution in [3.8, 4) is 5.75 Å². The highest BCUT2D eigenvalue weighted by molar-refractivity contribution is 7.89. The van der Waals surface area contributed by atoms with Crippen molar-refractivity contribution in [1.82, 2.24) is 9.62 Å². The van der Waals surface area contributed by atoms with Gasteiger partial charge in [0.15, 0.2) is 0 Å². The molecule has 104 valence electrons. The van der Waals surface area contributed by atoms with Crippen molar-refractivity contribution in [3.05, 3.63) is 24.3 Å². The number of phenols is 1. The minimum atomic E-state index is -3.71. The summed E-state index contributed by atoms with van der Waals surface area (Å²) in [5.74, 6) is -0.216. The van der Waals surface area contributed by atoms with Crippen LogP contribution in [0.15, 0.2) is 29.2 Å². The minimum absolute atomic E-state index is 0.00732. The Labute approximate surface area is 112 Å². The lowest BCUT2D eigenvalue weighted by atomic mass is 10.3. The van der Waals surface area contributed by atoms with Crippen LogP contribution in [0.25, 0.3) is 0 Å². The van der Waals surface area contributed by atoms with E-state index in [1.165, 1.54) is 24.3 Å². The summed E-state index contributed by atoms with van der Waals surface area (Å²) in [5, 5.41) is 9.11. The van der Waals surface area contributed by atoms with Gasteiger partial charge in [0.25, 0.3) is 0 Å². The van der Waals surface area contributed by atoms with Crippen LogP contribution in [-0.2, 0) is 14.8 Å². The first-order chi connectivity index (χ1) is 8.99. The molecule has 2 rings (SSSR count). The lowest BCUT2D eigenvalue weighted by Gasteiger charge is -2.15. The Morgan fingerprint density at radius 2 is 1.79 bits per heavy atom. The molecule has 0 atom stereocenters. The molecule has 0 bridgehead atoms. The highest BCUT2D eigenvalue weighted by Crippen LogP contribution is 2.14. The van der Waals surface area contributed by atoms with E-state index in [1.807, 2.05) is 0 Å². The molecule has 1 aromatic rings. The Balaban J connectivity index is 1.97. The maximum atomic E-state index is 11.9. The number of aromatic hydroxyl groups is 1. The number of hydrogen-bond acceptors (Lipinski definition) is 4. The Morgan fingerprint density at radius 3 is 2.37 bits per heavy atom. The fourth-order valence-corrected chi connectivity index (χ4v) is 2.92. The quantitative estimate of drug-likeness (QED) is 0.832. The third-order valence-corrected chi connectivity index (χ3v) is 4.44. The second kappa shape index (κ2) is 5.58. The van der Waals surface area contributed by atoms with E-state index >= 15 is 0 Å². The number of nitrogens with zero attached hydrogens (tertiary/aromatic N) is 1. The number of carbonyl (C=O) groups excluding carboxylic acids is 1. The average molecular weight is 284 g/mol. The molecule has 1 aliphatic rings. The molecule has 0 saturated carbocycles. The third-order valence-electron chi connectivity index (χ3n) is 3.02. The topological polar surface area (TPSA) is 86.7 Å². The van der Waals surface area contributed by atoms with E-state index in [-0.39, 0.29) is 23.1 Å². The summed E-state index contributed by atoms with van der Waals surface area (Å²) in [7, 11) is -3.71. The summed E-state index contributed by atoms with van der Waals surface area (Å²) < 4.78 is 26.1. The zero-order valence-corrected chi connectivity index (χ0v) is 11.2. The van der Waals surface area contributed by atoms with Crippen LogP contribution in [0.4, 0.5) is 0 Å². The van der Waals surface area contributed by atoms with Crippen LogP contribution >= 0.6 is 0 Å². The number of amides is 1. The molecule has 1 aromatic carbocycles. The first kappa shape index (κ1) is 13.8. The number of phenolic OH excluding ortho intramolecular Hbond substituents is 1. The zero-order chi connectivity index (χ0) is 13.9. The van der Waals surface area contributed by atoms with Crippen molar-refractivity contribution in [1.29, 1.82) is 0 Å². The van der Waals surface area contributed by atoms with Crippen molar-refractivity contribution < 1.29 is 18.3 Å². The Kier molecular flexibility index (Phi) is 4.06. The molecular formula is C12H16N2O4S. The van der Waals surface area contributed by atoms with Gasteiger partial charge in [-0.15, -0.1) is 0 Å². The SMILES string of the molecule is O=C(CNS(=O)(=O)c1ccc(O)cc1)N1CCCC1. The highest BCUT2D eigenvalue weighted by atomic mass is 32.2. The second-order valence-electron chi connectivity index (χ2n) is 4.41. The average Bonchev–Trinajstić information content (AvgIpc) is 2.90. The van der Waals surface area contributed by atoms with Crippen molar-refractivity contribution in [3.63, 3.8) is 0 Å². The molecule has 0 spiro atoms. The van der Waals surface area contributed by atoms with Gasteiger partial charge in [-0.05, 0) is 37.1 Å². The van der Waals surface area contributed by atoms with Gasteiger partial charge in [0, 0.05) is 13.1 Å². The predicted molar refractivity (Wildman–Crippen MR) is 69.1 cm³/mol. The normalized spacial score (nSPS) is 15.7. The van der Waals surface area contributed by atoms with Crippen molar-refractivity contribution >= 4 is 15.9 Å². The zero-order valence-electron chi connectivity index (χ0n) is 10.4. The van der Waals surface area contributed by atoms with E-state index in [9.17, 15) is 13.2 Å². The van der Waals surface area contributed by atoms with Crippen LogP contribution in [0.5, 0.6) is 5.75 Å². The van der Waals surface area contributed by atoms with Gasteiger partial charge < -0.3 is 10.0 Å². The molecule has 1 fully saturated rings. The van der Waals surface area contributed by atoms with Gasteiger partial charge in [0.2, 0.25) is 15.9 Å². The Morgan fingerprint density at radius 1 is 1.21 bits per heavy atom. The molecule has 19 heavy (non-hydrogen) atoms. The molecule has 1 aliphatic heterocycles. The first-order valence-corrected chi connectivity index (χ1v) is 7.54. The maximum Gasteiger partial charge on any atom is 0.241 e. The van der Waals surface area contributed by atoms with E-state index in [0.29, 0.717) is 13.1 Å². The number of carbonyl (C=O) groups is 1. The first-order valence-electron chi connectivity index (χ1n) is 6.05. The van der Waals surface area contributed by atoms with E-state index < -0.39 is 10.0 Å². The van der Waals surface area contributed by atoms with Gasteiger partial charge in [-0.3, -0.25) is 4.79 Å². The highest BCUT2D eigenvalue weighted by Gasteiger charge is 2.20. The minimum Gasteiger partial charge on any atom is -0.508 e. The molecule has 1 saturated heterocycles. The molecule has 0 unspecified atom stereocenters. The standard InChI is InChI=1S/C12H16N2O4S/c15-10-3-5-11(6-4-10)19(17,18)13-9-12(16)14-7-1-2-8-14/h3-6,13,15H,1-2,7-9H2. The Hall–Kier alpha value is -1.60. The molecular weight excluding hydrogens is 268 g/mol. The smallest absolute Gasteiger partial charge is 0.241 e. The largest absolute Gasteiger partial charge is 0.508 e. The van der Waals surface area contributed by atoms with Gasteiger partial charge in [-0.1, -0.05) is 0 Å².